The highest BCUT2D eigenvalue weighted by Crippen LogP contribution is 2.10. The Morgan fingerprint density at radius 1 is 0.957 bits per heavy atom. The third-order valence-corrected chi connectivity index (χ3v) is 3.87. The molecule has 0 bridgehead atoms. The number of hydrogen-bond donors (Lipinski definition) is 0. The minimum atomic E-state index is 0. The third kappa shape index (κ3) is 4.67. The van der Waals surface area contributed by atoms with Crippen molar-refractivity contribution < 1.29 is 0 Å². The van der Waals surface area contributed by atoms with Crippen LogP contribution in [0.25, 0.3) is 11.0 Å². The van der Waals surface area contributed by atoms with Crippen LogP contribution in [-0.4, -0.2) is 38.9 Å². The van der Waals surface area contributed by atoms with Gasteiger partial charge < -0.3 is 0 Å². The summed E-state index contributed by atoms with van der Waals surface area (Å²) in [6, 6.07) is 18.5. The van der Waals surface area contributed by atoms with Crippen molar-refractivity contribution in [3.8, 4) is 0 Å². The fourth-order valence-corrected chi connectivity index (χ4v) is 2.79. The van der Waals surface area contributed by atoms with Gasteiger partial charge in [-0.3, -0.25) is 4.90 Å². The predicted octanol–water partition coefficient (Wildman–Crippen LogP) is 3.59. The number of aromatic nitrogens is 3. The number of benzene rings is 2. The molecule has 0 aliphatic heterocycles. The molecule has 23 heavy (non-hydrogen) atoms. The van der Waals surface area contributed by atoms with Gasteiger partial charge in [-0.2, -0.15) is 0 Å². The van der Waals surface area contributed by atoms with Crippen LogP contribution >= 0.6 is 24.0 Å². The standard InChI is InChI=1S/C17H19ClN4.ClH/c18-10-11-21(14-15-6-2-1-3-7-15)12-13-22-17-9-5-4-8-16(17)19-20-22;/h1-9H,10-14H2;1H. The Morgan fingerprint density at radius 2 is 1.70 bits per heavy atom. The zero-order chi connectivity index (χ0) is 15.2. The molecule has 0 saturated heterocycles. The highest BCUT2D eigenvalue weighted by Gasteiger charge is 2.08. The highest BCUT2D eigenvalue weighted by molar-refractivity contribution is 6.18. The number of para-hydroxylation sites is 1. The molecule has 0 aliphatic carbocycles. The van der Waals surface area contributed by atoms with Crippen LogP contribution in [0.3, 0.4) is 0 Å². The fourth-order valence-electron chi connectivity index (χ4n) is 2.55. The second kappa shape index (κ2) is 8.87. The summed E-state index contributed by atoms with van der Waals surface area (Å²) in [6.45, 7) is 3.47. The molecule has 2 aromatic carbocycles. The zero-order valence-corrected chi connectivity index (χ0v) is 14.4. The maximum atomic E-state index is 5.94. The molecule has 0 aliphatic rings. The Bertz CT molecular complexity index is 715. The normalized spacial score (nSPS) is 10.9. The van der Waals surface area contributed by atoms with Gasteiger partial charge >= 0.3 is 0 Å². The van der Waals surface area contributed by atoms with Crippen LogP contribution < -0.4 is 0 Å². The van der Waals surface area contributed by atoms with Crippen LogP contribution in [0.15, 0.2) is 54.6 Å². The van der Waals surface area contributed by atoms with Crippen LogP contribution in [0.4, 0.5) is 0 Å². The first-order valence-corrected chi connectivity index (χ1v) is 8.01. The highest BCUT2D eigenvalue weighted by atomic mass is 35.5. The SMILES string of the molecule is Cl.ClCCN(CCn1nnc2ccccc21)Cc1ccccc1. The lowest BCUT2D eigenvalue weighted by atomic mass is 10.2. The number of rotatable bonds is 7. The first-order chi connectivity index (χ1) is 10.9. The molecular formula is C17H20Cl2N4. The van der Waals surface area contributed by atoms with Gasteiger partial charge in [0.2, 0.25) is 0 Å². The summed E-state index contributed by atoms with van der Waals surface area (Å²) in [5, 5.41) is 8.44. The monoisotopic (exact) mass is 350 g/mol. The molecule has 1 aromatic heterocycles. The van der Waals surface area contributed by atoms with Gasteiger partial charge in [-0.25, -0.2) is 4.68 Å². The molecule has 0 N–H and O–H groups in total. The van der Waals surface area contributed by atoms with E-state index in [2.05, 4.69) is 45.5 Å². The number of halogens is 2. The molecule has 122 valence electrons. The molecule has 1 heterocycles. The summed E-state index contributed by atoms with van der Waals surface area (Å²) in [6.07, 6.45) is 0. The van der Waals surface area contributed by atoms with Gasteiger partial charge in [-0.15, -0.1) is 29.1 Å². The zero-order valence-electron chi connectivity index (χ0n) is 12.8. The van der Waals surface area contributed by atoms with Gasteiger partial charge in [0.15, 0.2) is 0 Å². The summed E-state index contributed by atoms with van der Waals surface area (Å²) < 4.78 is 1.96. The van der Waals surface area contributed by atoms with E-state index in [1.165, 1.54) is 5.56 Å². The number of nitrogens with zero attached hydrogens (tertiary/aromatic N) is 4. The Hall–Kier alpha value is -1.62. The first kappa shape index (κ1) is 17.7. The smallest absolute Gasteiger partial charge is 0.113 e. The van der Waals surface area contributed by atoms with Crippen LogP contribution in [0, 0.1) is 0 Å². The average Bonchev–Trinajstić information content (AvgIpc) is 2.97. The molecule has 0 amide bonds. The van der Waals surface area contributed by atoms with E-state index in [1.807, 2.05) is 28.9 Å². The lowest BCUT2D eigenvalue weighted by Crippen LogP contribution is -2.29. The minimum absolute atomic E-state index is 0. The van der Waals surface area contributed by atoms with Crippen molar-refractivity contribution in [3.05, 3.63) is 60.2 Å². The van der Waals surface area contributed by atoms with Crippen LogP contribution in [0.2, 0.25) is 0 Å². The minimum Gasteiger partial charge on any atom is -0.296 e. The Morgan fingerprint density at radius 3 is 2.48 bits per heavy atom. The van der Waals surface area contributed by atoms with E-state index in [0.717, 1.165) is 37.2 Å². The molecular weight excluding hydrogens is 331 g/mol. The van der Waals surface area contributed by atoms with Crippen molar-refractivity contribution in [1.82, 2.24) is 19.9 Å². The van der Waals surface area contributed by atoms with Gasteiger partial charge in [0, 0.05) is 25.5 Å². The summed E-state index contributed by atoms with van der Waals surface area (Å²) in [4.78, 5) is 2.35. The van der Waals surface area contributed by atoms with E-state index in [0.29, 0.717) is 5.88 Å². The van der Waals surface area contributed by atoms with Crippen LogP contribution in [0.1, 0.15) is 5.56 Å². The molecule has 0 saturated carbocycles. The summed E-state index contributed by atoms with van der Waals surface area (Å²) in [5.74, 6) is 0.630. The van der Waals surface area contributed by atoms with Crippen molar-refractivity contribution >= 4 is 35.0 Å². The van der Waals surface area contributed by atoms with Crippen LogP contribution in [-0.2, 0) is 13.1 Å². The second-order valence-corrected chi connectivity index (χ2v) is 5.63. The predicted molar refractivity (Wildman–Crippen MR) is 97.2 cm³/mol. The maximum absolute atomic E-state index is 5.94. The van der Waals surface area contributed by atoms with E-state index in [-0.39, 0.29) is 12.4 Å². The summed E-state index contributed by atoms with van der Waals surface area (Å²) in [5.41, 5.74) is 3.32. The molecule has 0 fully saturated rings. The number of alkyl halides is 1. The lowest BCUT2D eigenvalue weighted by molar-refractivity contribution is 0.265. The average molecular weight is 351 g/mol. The molecule has 0 radical (unpaired) electrons. The van der Waals surface area contributed by atoms with Crippen molar-refractivity contribution in [2.75, 3.05) is 19.0 Å². The first-order valence-electron chi connectivity index (χ1n) is 7.47. The Labute approximate surface area is 147 Å². The summed E-state index contributed by atoms with van der Waals surface area (Å²) in [7, 11) is 0. The molecule has 0 spiro atoms. The number of hydrogen-bond acceptors (Lipinski definition) is 3. The van der Waals surface area contributed by atoms with Gasteiger partial charge in [0.05, 0.1) is 12.1 Å². The van der Waals surface area contributed by atoms with Gasteiger partial charge in [-0.05, 0) is 17.7 Å². The van der Waals surface area contributed by atoms with Crippen LogP contribution in [0.5, 0.6) is 0 Å². The molecule has 0 atom stereocenters. The van der Waals surface area contributed by atoms with Gasteiger partial charge in [0.1, 0.15) is 5.52 Å². The lowest BCUT2D eigenvalue weighted by Gasteiger charge is -2.21. The van der Waals surface area contributed by atoms with Crippen molar-refractivity contribution in [2.45, 2.75) is 13.1 Å². The third-order valence-electron chi connectivity index (χ3n) is 3.70. The topological polar surface area (TPSA) is 34.0 Å². The van der Waals surface area contributed by atoms with Crippen molar-refractivity contribution in [2.24, 2.45) is 0 Å². The quantitative estimate of drug-likeness (QED) is 0.610. The molecule has 3 aromatic rings. The molecule has 0 unspecified atom stereocenters. The molecule has 6 heteroatoms. The van der Waals surface area contributed by atoms with Gasteiger partial charge in [-0.1, -0.05) is 47.7 Å². The maximum Gasteiger partial charge on any atom is 0.113 e. The Kier molecular flexibility index (Phi) is 6.84. The van der Waals surface area contributed by atoms with E-state index in [9.17, 15) is 0 Å². The van der Waals surface area contributed by atoms with Crippen molar-refractivity contribution in [3.63, 3.8) is 0 Å². The largest absolute Gasteiger partial charge is 0.296 e. The van der Waals surface area contributed by atoms with E-state index >= 15 is 0 Å². The molecule has 3 rings (SSSR count). The number of fused-ring (bicyclic) bond motifs is 1. The van der Waals surface area contributed by atoms with E-state index in [1.54, 1.807) is 0 Å². The Balaban J connectivity index is 0.00000192. The second-order valence-electron chi connectivity index (χ2n) is 5.25. The fraction of sp³-hybridized carbons (Fsp3) is 0.294. The van der Waals surface area contributed by atoms with Crippen molar-refractivity contribution in [1.29, 1.82) is 0 Å². The molecule has 4 nitrogen and oxygen atoms in total. The summed E-state index contributed by atoms with van der Waals surface area (Å²) >= 11 is 5.94. The van der Waals surface area contributed by atoms with Gasteiger partial charge in [0.25, 0.3) is 0 Å². The van der Waals surface area contributed by atoms with E-state index in [4.69, 9.17) is 11.6 Å². The van der Waals surface area contributed by atoms with E-state index < -0.39 is 0 Å².